The quantitative estimate of drug-likeness (QED) is 0.590. The molecule has 0 radical (unpaired) electrons. The summed E-state index contributed by atoms with van der Waals surface area (Å²) in [6.07, 6.45) is 11.5. The maximum atomic E-state index is 12.6. The Labute approximate surface area is 163 Å². The number of ether oxygens (including phenoxy) is 2. The summed E-state index contributed by atoms with van der Waals surface area (Å²) in [5, 5.41) is 0. The molecule has 5 nitrogen and oxygen atoms in total. The number of carbonyl (C=O) groups excluding carboxylic acids is 3. The average molecular weight is 378 g/mol. The molecule has 0 saturated heterocycles. The largest absolute Gasteiger partial charge is 0.493 e. The van der Waals surface area contributed by atoms with Crippen molar-refractivity contribution in [1.29, 1.82) is 0 Å². The Morgan fingerprint density at radius 1 is 1.04 bits per heavy atom. The summed E-state index contributed by atoms with van der Waals surface area (Å²) in [6, 6.07) is 5.47. The molecule has 5 heteroatoms. The summed E-state index contributed by atoms with van der Waals surface area (Å²) in [7, 11) is 1.38. The summed E-state index contributed by atoms with van der Waals surface area (Å²) in [4.78, 5) is 36.9. The minimum Gasteiger partial charge on any atom is -0.493 e. The average Bonchev–Trinajstić information content (AvgIpc) is 2.72. The number of methoxy groups -OCH3 is 1. The molecule has 1 aromatic rings. The minimum absolute atomic E-state index is 0.0642. The lowest BCUT2D eigenvalue weighted by atomic mass is 9.84. The number of hydrogen-bond donors (Lipinski definition) is 0. The summed E-state index contributed by atoms with van der Waals surface area (Å²) < 4.78 is 10.9. The number of carbonyl (C=O) groups is 3. The molecule has 1 fully saturated rings. The smallest absolute Gasteiger partial charge is 0.269 e. The predicted octanol–water partition coefficient (Wildman–Crippen LogP) is 3.88. The van der Waals surface area contributed by atoms with Crippen molar-refractivity contribution in [2.45, 2.75) is 38.5 Å². The van der Waals surface area contributed by atoms with Gasteiger partial charge in [-0.3, -0.25) is 14.4 Å². The van der Waals surface area contributed by atoms with Crippen LogP contribution >= 0.6 is 0 Å². The van der Waals surface area contributed by atoms with Crippen molar-refractivity contribution < 1.29 is 23.9 Å². The Kier molecular flexibility index (Phi) is 4.99. The lowest BCUT2D eigenvalue weighted by Gasteiger charge is -2.23. The van der Waals surface area contributed by atoms with Crippen LogP contribution in [0.3, 0.4) is 0 Å². The van der Waals surface area contributed by atoms with Gasteiger partial charge in [0.05, 0.1) is 12.7 Å². The normalized spacial score (nSPS) is 22.6. The molecule has 2 aliphatic carbocycles. The first-order valence-corrected chi connectivity index (χ1v) is 9.69. The third-order valence-corrected chi connectivity index (χ3v) is 5.59. The molecule has 1 saturated carbocycles. The first kappa shape index (κ1) is 18.4. The fraction of sp³-hybridized carbons (Fsp3) is 0.348. The highest BCUT2D eigenvalue weighted by Crippen LogP contribution is 2.33. The molecule has 0 bridgehead atoms. The van der Waals surface area contributed by atoms with Gasteiger partial charge in [0.1, 0.15) is 5.75 Å². The van der Waals surface area contributed by atoms with E-state index in [1.165, 1.54) is 57.4 Å². The van der Waals surface area contributed by atoms with Gasteiger partial charge in [-0.25, -0.2) is 0 Å². The highest BCUT2D eigenvalue weighted by molar-refractivity contribution is 6.50. The molecular formula is C23H22O5. The van der Waals surface area contributed by atoms with Crippen LogP contribution in [0.5, 0.6) is 5.75 Å². The van der Waals surface area contributed by atoms with Gasteiger partial charge in [0.25, 0.3) is 5.78 Å². The topological polar surface area (TPSA) is 69.7 Å². The predicted molar refractivity (Wildman–Crippen MR) is 103 cm³/mol. The molecule has 0 unspecified atom stereocenters. The Morgan fingerprint density at radius 3 is 2.57 bits per heavy atom. The minimum atomic E-state index is -0.715. The monoisotopic (exact) mass is 378 g/mol. The molecule has 1 heterocycles. The fourth-order valence-electron chi connectivity index (χ4n) is 4.07. The number of ketones is 3. The van der Waals surface area contributed by atoms with Crippen LogP contribution in [-0.2, 0) is 20.7 Å². The molecule has 0 aromatic heterocycles. The fourth-order valence-corrected chi connectivity index (χ4v) is 4.07. The first-order valence-electron chi connectivity index (χ1n) is 9.69. The van der Waals surface area contributed by atoms with E-state index in [0.717, 1.165) is 12.0 Å². The van der Waals surface area contributed by atoms with Crippen molar-refractivity contribution >= 4 is 17.3 Å². The molecule has 144 valence electrons. The van der Waals surface area contributed by atoms with E-state index in [1.54, 1.807) is 6.07 Å². The van der Waals surface area contributed by atoms with E-state index in [2.05, 4.69) is 0 Å². The van der Waals surface area contributed by atoms with Crippen molar-refractivity contribution in [3.05, 3.63) is 64.6 Å². The van der Waals surface area contributed by atoms with Crippen molar-refractivity contribution in [3.63, 3.8) is 0 Å². The van der Waals surface area contributed by atoms with Gasteiger partial charge in [-0.2, -0.15) is 0 Å². The Bertz CT molecular complexity index is 942. The van der Waals surface area contributed by atoms with E-state index < -0.39 is 11.6 Å². The van der Waals surface area contributed by atoms with Gasteiger partial charge >= 0.3 is 0 Å². The number of rotatable bonds is 3. The molecule has 0 N–H and O–H groups in total. The molecule has 3 aliphatic rings. The van der Waals surface area contributed by atoms with Crippen LogP contribution in [0, 0.1) is 5.92 Å². The highest BCUT2D eigenvalue weighted by atomic mass is 16.5. The van der Waals surface area contributed by atoms with Gasteiger partial charge in [0.15, 0.2) is 11.5 Å². The second-order valence-corrected chi connectivity index (χ2v) is 7.49. The van der Waals surface area contributed by atoms with Crippen LogP contribution in [0.15, 0.2) is 53.5 Å². The van der Waals surface area contributed by atoms with Crippen LogP contribution < -0.4 is 4.74 Å². The van der Waals surface area contributed by atoms with Gasteiger partial charge in [-0.05, 0) is 48.3 Å². The number of hydrogen-bond acceptors (Lipinski definition) is 5. The third kappa shape index (κ3) is 3.44. The number of benzene rings is 1. The maximum Gasteiger partial charge on any atom is 0.269 e. The molecule has 28 heavy (non-hydrogen) atoms. The summed E-state index contributed by atoms with van der Waals surface area (Å²) in [6.45, 7) is 0. The second kappa shape index (κ2) is 7.58. The third-order valence-electron chi connectivity index (χ3n) is 5.59. The van der Waals surface area contributed by atoms with E-state index in [-0.39, 0.29) is 22.9 Å². The van der Waals surface area contributed by atoms with Gasteiger partial charge in [-0.1, -0.05) is 38.2 Å². The van der Waals surface area contributed by atoms with E-state index in [4.69, 9.17) is 9.47 Å². The molecule has 0 spiro atoms. The lowest BCUT2D eigenvalue weighted by molar-refractivity contribution is -0.115. The molecular weight excluding hydrogens is 356 g/mol. The Hall–Kier alpha value is -2.95. The zero-order valence-corrected chi connectivity index (χ0v) is 15.8. The van der Waals surface area contributed by atoms with Crippen LogP contribution in [-0.4, -0.2) is 24.5 Å². The van der Waals surface area contributed by atoms with Crippen LogP contribution in [0.4, 0.5) is 0 Å². The van der Waals surface area contributed by atoms with Crippen molar-refractivity contribution in [2.75, 3.05) is 7.11 Å². The van der Waals surface area contributed by atoms with Gasteiger partial charge < -0.3 is 9.47 Å². The van der Waals surface area contributed by atoms with Crippen molar-refractivity contribution in [3.8, 4) is 5.75 Å². The van der Waals surface area contributed by atoms with E-state index in [9.17, 15) is 14.4 Å². The zero-order valence-electron chi connectivity index (χ0n) is 15.8. The SMILES string of the molecule is COC1=C/C(=C2\Oc3cc(CC4CCCCC4)ccc3C(=O)C2=O)C=CC1=O. The van der Waals surface area contributed by atoms with Crippen LogP contribution in [0.2, 0.25) is 0 Å². The number of fused-ring (bicyclic) bond motifs is 1. The Morgan fingerprint density at radius 2 is 1.82 bits per heavy atom. The number of Topliss-reactive ketones (excluding diaryl/α,β-unsaturated/α-hetero) is 2. The number of allylic oxidation sites excluding steroid dienone is 5. The first-order chi connectivity index (χ1) is 13.6. The standard InChI is InChI=1S/C23H22O5/c1-27-20-13-16(8-10-18(20)24)23-22(26)21(25)17-9-7-15(12-19(17)28-23)11-14-5-3-2-4-6-14/h7-10,12-14H,2-6,11H2,1H3/b23-16-. The Balaban J connectivity index is 1.66. The van der Waals surface area contributed by atoms with E-state index in [1.807, 2.05) is 12.1 Å². The lowest BCUT2D eigenvalue weighted by Crippen LogP contribution is -2.27. The second-order valence-electron chi connectivity index (χ2n) is 7.49. The van der Waals surface area contributed by atoms with E-state index >= 15 is 0 Å². The van der Waals surface area contributed by atoms with Gasteiger partial charge in [0.2, 0.25) is 11.6 Å². The van der Waals surface area contributed by atoms with Crippen LogP contribution in [0.1, 0.15) is 48.0 Å². The zero-order chi connectivity index (χ0) is 19.7. The van der Waals surface area contributed by atoms with Crippen LogP contribution in [0.25, 0.3) is 0 Å². The van der Waals surface area contributed by atoms with E-state index in [0.29, 0.717) is 17.2 Å². The summed E-state index contributed by atoms with van der Waals surface area (Å²) in [5.41, 5.74) is 1.76. The maximum absolute atomic E-state index is 12.6. The highest BCUT2D eigenvalue weighted by Gasteiger charge is 2.34. The van der Waals surface area contributed by atoms with Crippen molar-refractivity contribution in [2.24, 2.45) is 5.92 Å². The van der Waals surface area contributed by atoms with Crippen molar-refractivity contribution in [1.82, 2.24) is 0 Å². The molecule has 0 atom stereocenters. The van der Waals surface area contributed by atoms with Gasteiger partial charge in [0, 0.05) is 5.57 Å². The summed E-state index contributed by atoms with van der Waals surface area (Å²) in [5.74, 6) is -0.505. The summed E-state index contributed by atoms with van der Waals surface area (Å²) >= 11 is 0. The molecule has 4 rings (SSSR count). The molecule has 1 aromatic carbocycles. The molecule has 0 amide bonds. The van der Waals surface area contributed by atoms with Gasteiger partial charge in [-0.15, -0.1) is 0 Å². The molecule has 1 aliphatic heterocycles.